The number of rotatable bonds is 6. The predicted octanol–water partition coefficient (Wildman–Crippen LogP) is 6.86. The number of hydrogen-bond donors (Lipinski definition) is 1. The van der Waals surface area contributed by atoms with Crippen molar-refractivity contribution >= 4 is 56.8 Å². The summed E-state index contributed by atoms with van der Waals surface area (Å²) >= 11 is 10.4. The summed E-state index contributed by atoms with van der Waals surface area (Å²) in [5.74, 6) is -1.34. The van der Waals surface area contributed by atoms with Crippen LogP contribution in [0.5, 0.6) is 5.75 Å². The highest BCUT2D eigenvalue weighted by Gasteiger charge is 2.23. The number of nitrogens with zero attached hydrogens (tertiary/aromatic N) is 3. The average Bonchev–Trinajstić information content (AvgIpc) is 2.82. The van der Waals surface area contributed by atoms with Crippen LogP contribution in [0.4, 0.5) is 8.78 Å². The van der Waals surface area contributed by atoms with Gasteiger partial charge >= 0.3 is 0 Å². The number of aliphatic hydroxyl groups is 1. The minimum absolute atomic E-state index is 0.0889. The molecule has 198 valence electrons. The number of aryl methyl sites for hydroxylation is 2. The highest BCUT2D eigenvalue weighted by atomic mass is 127. The molecule has 0 fully saturated rings. The standard InChI is InChI=1S/C27H22ClF2I2N3O3/c1-13-11-33-21(20-6-5-18(31)25(34-20)27(3,4)37)10-22(13)35-14(2)7-23(24(28)26(35)36)38-12-16-17(30)8-15(29)9-19(16)32/h5-11,37H,12H2,1-4H3. The molecule has 1 N–H and O–H groups in total. The van der Waals surface area contributed by atoms with Crippen molar-refractivity contribution < 1.29 is 18.6 Å². The molecular formula is C27H22ClF2I2N3O3. The van der Waals surface area contributed by atoms with E-state index >= 15 is 0 Å². The van der Waals surface area contributed by atoms with E-state index in [4.69, 9.17) is 16.3 Å². The molecule has 3 heterocycles. The number of halogens is 5. The van der Waals surface area contributed by atoms with Crippen LogP contribution in [-0.2, 0) is 12.2 Å². The maximum Gasteiger partial charge on any atom is 0.277 e. The maximum atomic E-state index is 14.2. The Morgan fingerprint density at radius 3 is 2.45 bits per heavy atom. The minimum Gasteiger partial charge on any atom is -0.487 e. The van der Waals surface area contributed by atoms with Gasteiger partial charge in [-0.2, -0.15) is 0 Å². The Labute approximate surface area is 250 Å². The molecule has 0 saturated heterocycles. The summed E-state index contributed by atoms with van der Waals surface area (Å²) < 4.78 is 36.0. The summed E-state index contributed by atoms with van der Waals surface area (Å²) in [7, 11) is 0. The van der Waals surface area contributed by atoms with Gasteiger partial charge in [-0.05, 0) is 103 Å². The summed E-state index contributed by atoms with van der Waals surface area (Å²) in [6.45, 7) is 6.64. The van der Waals surface area contributed by atoms with Crippen molar-refractivity contribution in [3.63, 3.8) is 0 Å². The summed E-state index contributed by atoms with van der Waals surface area (Å²) in [5.41, 5.74) is 1.86. The van der Waals surface area contributed by atoms with Gasteiger partial charge in [0.1, 0.15) is 34.6 Å². The lowest BCUT2D eigenvalue weighted by Crippen LogP contribution is -2.23. The van der Waals surface area contributed by atoms with Gasteiger partial charge in [0.05, 0.1) is 22.8 Å². The molecule has 0 aliphatic rings. The van der Waals surface area contributed by atoms with Crippen molar-refractivity contribution in [1.29, 1.82) is 0 Å². The van der Waals surface area contributed by atoms with Gasteiger partial charge in [0, 0.05) is 36.7 Å². The van der Waals surface area contributed by atoms with Crippen LogP contribution in [0, 0.1) is 32.6 Å². The second-order valence-electron chi connectivity index (χ2n) is 9.18. The van der Waals surface area contributed by atoms with E-state index in [0.717, 1.165) is 15.2 Å². The highest BCUT2D eigenvalue weighted by Crippen LogP contribution is 2.30. The number of hydrogen-bond acceptors (Lipinski definition) is 5. The molecule has 0 unspecified atom stereocenters. The Morgan fingerprint density at radius 1 is 1.08 bits per heavy atom. The molecule has 0 atom stereocenters. The van der Waals surface area contributed by atoms with Crippen LogP contribution >= 0.6 is 56.8 Å². The van der Waals surface area contributed by atoms with Crippen molar-refractivity contribution in [2.24, 2.45) is 0 Å². The lowest BCUT2D eigenvalue weighted by Gasteiger charge is -2.19. The van der Waals surface area contributed by atoms with Crippen LogP contribution in [-0.4, -0.2) is 19.6 Å². The molecular weight excluding hydrogens is 742 g/mol. The van der Waals surface area contributed by atoms with E-state index in [1.54, 1.807) is 45.2 Å². The first-order chi connectivity index (χ1) is 17.8. The smallest absolute Gasteiger partial charge is 0.277 e. The van der Waals surface area contributed by atoms with Crippen molar-refractivity contribution in [2.75, 3.05) is 0 Å². The molecule has 0 spiro atoms. The molecule has 6 nitrogen and oxygen atoms in total. The van der Waals surface area contributed by atoms with Crippen LogP contribution in [0.25, 0.3) is 17.1 Å². The molecule has 0 aliphatic carbocycles. The minimum atomic E-state index is -1.15. The maximum absolute atomic E-state index is 14.2. The Balaban J connectivity index is 1.74. The van der Waals surface area contributed by atoms with Gasteiger partial charge in [0.2, 0.25) is 0 Å². The fourth-order valence-corrected chi connectivity index (χ4v) is 5.72. The van der Waals surface area contributed by atoms with Gasteiger partial charge in [0.25, 0.3) is 5.56 Å². The number of aromatic nitrogens is 3. The number of pyridine rings is 3. The van der Waals surface area contributed by atoms with Gasteiger partial charge < -0.3 is 9.84 Å². The highest BCUT2D eigenvalue weighted by molar-refractivity contribution is 14.1. The van der Waals surface area contributed by atoms with Crippen LogP contribution in [0.2, 0.25) is 5.02 Å². The monoisotopic (exact) mass is 763 g/mol. The molecule has 1 aromatic carbocycles. The third kappa shape index (κ3) is 5.87. The molecule has 4 aromatic rings. The first-order valence-corrected chi connectivity index (χ1v) is 13.9. The lowest BCUT2D eigenvalue weighted by molar-refractivity contribution is 0.0730. The zero-order valence-corrected chi connectivity index (χ0v) is 25.8. The van der Waals surface area contributed by atoms with Crippen molar-refractivity contribution in [3.8, 4) is 22.8 Å². The van der Waals surface area contributed by atoms with Crippen molar-refractivity contribution in [1.82, 2.24) is 14.5 Å². The molecule has 0 radical (unpaired) electrons. The largest absolute Gasteiger partial charge is 0.487 e. The summed E-state index contributed by atoms with van der Waals surface area (Å²) in [4.78, 5) is 22.5. The molecule has 0 bridgehead atoms. The van der Waals surface area contributed by atoms with Crippen LogP contribution in [0.1, 0.15) is 36.4 Å². The van der Waals surface area contributed by atoms with Gasteiger partial charge in [-0.1, -0.05) is 11.6 Å². The molecule has 3 aromatic heterocycles. The molecule has 4 rings (SSSR count). The summed E-state index contributed by atoms with van der Waals surface area (Å²) in [5, 5.41) is 10.3. The topological polar surface area (TPSA) is 77.2 Å². The lowest BCUT2D eigenvalue weighted by atomic mass is 10.0. The van der Waals surface area contributed by atoms with Crippen LogP contribution < -0.4 is 10.3 Å². The molecule has 0 aliphatic heterocycles. The Kier molecular flexibility index (Phi) is 8.46. The van der Waals surface area contributed by atoms with E-state index in [0.29, 0.717) is 32.0 Å². The normalized spacial score (nSPS) is 11.6. The fourth-order valence-electron chi connectivity index (χ4n) is 3.85. The molecule has 0 amide bonds. The zero-order chi connectivity index (χ0) is 27.9. The first-order valence-electron chi connectivity index (χ1n) is 11.3. The van der Waals surface area contributed by atoms with E-state index in [-0.39, 0.29) is 22.9 Å². The van der Waals surface area contributed by atoms with E-state index < -0.39 is 22.8 Å². The summed E-state index contributed by atoms with van der Waals surface area (Å²) in [6, 6.07) is 8.95. The predicted molar refractivity (Wildman–Crippen MR) is 159 cm³/mol. The first kappa shape index (κ1) is 28.8. The second-order valence-corrected chi connectivity index (χ2v) is 11.9. The second kappa shape index (κ2) is 11.1. The number of benzene rings is 1. The van der Waals surface area contributed by atoms with Crippen LogP contribution in [0.3, 0.4) is 0 Å². The molecule has 0 saturated carbocycles. The van der Waals surface area contributed by atoms with Crippen molar-refractivity contribution in [3.05, 3.63) is 99.3 Å². The number of ether oxygens (including phenoxy) is 1. The Morgan fingerprint density at radius 2 is 1.79 bits per heavy atom. The van der Waals surface area contributed by atoms with Crippen LogP contribution in [0.15, 0.2) is 47.4 Å². The third-order valence-electron chi connectivity index (χ3n) is 5.78. The van der Waals surface area contributed by atoms with Gasteiger partial charge in [-0.15, -0.1) is 0 Å². The molecule has 11 heteroatoms. The Hall–Kier alpha value is -2.16. The third-order valence-corrected chi connectivity index (χ3v) is 7.96. The SMILES string of the molecule is Cc1cnc(-c2ccc(I)c(C(C)(C)O)n2)cc1-n1c(C)cc(OCc2c(F)cc(F)cc2I)c(Cl)c1=O. The van der Waals surface area contributed by atoms with E-state index in [1.807, 2.05) is 35.6 Å². The van der Waals surface area contributed by atoms with E-state index in [9.17, 15) is 18.7 Å². The fraction of sp³-hybridized carbons (Fsp3) is 0.222. The quantitative estimate of drug-likeness (QED) is 0.218. The summed E-state index contributed by atoms with van der Waals surface area (Å²) in [6.07, 6.45) is 1.64. The van der Waals surface area contributed by atoms with E-state index in [1.165, 1.54) is 10.6 Å². The van der Waals surface area contributed by atoms with Gasteiger partial charge in [-0.25, -0.2) is 13.8 Å². The van der Waals surface area contributed by atoms with Crippen molar-refractivity contribution in [2.45, 2.75) is 39.9 Å². The van der Waals surface area contributed by atoms with E-state index in [2.05, 4.69) is 32.6 Å². The Bertz CT molecular complexity index is 1600. The molecule has 38 heavy (non-hydrogen) atoms. The zero-order valence-electron chi connectivity index (χ0n) is 20.7. The average molecular weight is 764 g/mol. The van der Waals surface area contributed by atoms with Gasteiger partial charge in [0.15, 0.2) is 0 Å². The van der Waals surface area contributed by atoms with Gasteiger partial charge in [-0.3, -0.25) is 14.3 Å².